The van der Waals surface area contributed by atoms with Crippen molar-refractivity contribution in [1.82, 2.24) is 0 Å². The van der Waals surface area contributed by atoms with Crippen LogP contribution in [0.3, 0.4) is 0 Å². The maximum atomic E-state index is 11.3. The van der Waals surface area contributed by atoms with E-state index in [1.165, 1.54) is 5.56 Å². The number of hydrogen-bond donors (Lipinski definition) is 1. The Morgan fingerprint density at radius 2 is 2.00 bits per heavy atom. The van der Waals surface area contributed by atoms with Crippen LogP contribution < -0.4 is 5.32 Å². The minimum Gasteiger partial charge on any atom is -0.326 e. The van der Waals surface area contributed by atoms with Gasteiger partial charge in [-0.05, 0) is 37.5 Å². The monoisotopic (exact) mass is 239 g/mol. The number of hydrogen-bond acceptors (Lipinski definition) is 1. The summed E-state index contributed by atoms with van der Waals surface area (Å²) in [5.74, 6) is 0.0703. The van der Waals surface area contributed by atoms with Crippen LogP contribution in [-0.4, -0.2) is 11.3 Å². The van der Waals surface area contributed by atoms with Gasteiger partial charge in [0, 0.05) is 17.5 Å². The SMILES string of the molecule is CCCC(=O)Nc1ccc(CC(C)Cl)cc1. The number of benzene rings is 1. The van der Waals surface area contributed by atoms with E-state index in [4.69, 9.17) is 11.6 Å². The van der Waals surface area contributed by atoms with Gasteiger partial charge in [-0.2, -0.15) is 0 Å². The van der Waals surface area contributed by atoms with E-state index in [9.17, 15) is 4.79 Å². The summed E-state index contributed by atoms with van der Waals surface area (Å²) in [5, 5.41) is 2.99. The molecule has 0 saturated heterocycles. The van der Waals surface area contributed by atoms with Gasteiger partial charge in [-0.3, -0.25) is 4.79 Å². The molecule has 16 heavy (non-hydrogen) atoms. The van der Waals surface area contributed by atoms with Crippen molar-refractivity contribution < 1.29 is 4.79 Å². The van der Waals surface area contributed by atoms with Crippen LogP contribution in [0.1, 0.15) is 32.3 Å². The first-order chi connectivity index (χ1) is 7.61. The molecular formula is C13H18ClNO. The van der Waals surface area contributed by atoms with Crippen LogP contribution in [0.5, 0.6) is 0 Å². The average Bonchev–Trinajstić information content (AvgIpc) is 2.20. The molecule has 0 bridgehead atoms. The molecule has 1 amide bonds. The van der Waals surface area contributed by atoms with E-state index >= 15 is 0 Å². The molecule has 88 valence electrons. The largest absolute Gasteiger partial charge is 0.326 e. The highest BCUT2D eigenvalue weighted by molar-refractivity contribution is 6.20. The van der Waals surface area contributed by atoms with Gasteiger partial charge in [0.2, 0.25) is 5.91 Å². The third kappa shape index (κ3) is 4.67. The van der Waals surface area contributed by atoms with Gasteiger partial charge in [0.25, 0.3) is 0 Å². The number of carbonyl (C=O) groups excluding carboxylic acids is 1. The molecular weight excluding hydrogens is 222 g/mol. The molecule has 0 aliphatic carbocycles. The zero-order valence-electron chi connectivity index (χ0n) is 9.79. The lowest BCUT2D eigenvalue weighted by atomic mass is 10.1. The topological polar surface area (TPSA) is 29.1 Å². The number of nitrogens with one attached hydrogen (secondary N) is 1. The normalized spacial score (nSPS) is 12.2. The van der Waals surface area contributed by atoms with E-state index in [0.717, 1.165) is 18.5 Å². The van der Waals surface area contributed by atoms with Crippen molar-refractivity contribution in [1.29, 1.82) is 0 Å². The fraction of sp³-hybridized carbons (Fsp3) is 0.462. The van der Waals surface area contributed by atoms with Gasteiger partial charge in [-0.1, -0.05) is 19.1 Å². The van der Waals surface area contributed by atoms with E-state index in [1.54, 1.807) is 0 Å². The van der Waals surface area contributed by atoms with Gasteiger partial charge in [0.05, 0.1) is 0 Å². The van der Waals surface area contributed by atoms with Crippen molar-refractivity contribution in [3.63, 3.8) is 0 Å². The number of carbonyl (C=O) groups is 1. The molecule has 0 aromatic heterocycles. The Balaban J connectivity index is 2.54. The smallest absolute Gasteiger partial charge is 0.224 e. The van der Waals surface area contributed by atoms with E-state index in [1.807, 2.05) is 38.1 Å². The molecule has 3 heteroatoms. The van der Waals surface area contributed by atoms with Gasteiger partial charge in [-0.15, -0.1) is 11.6 Å². The third-order valence-electron chi connectivity index (χ3n) is 2.23. The molecule has 0 aliphatic heterocycles. The molecule has 0 aliphatic rings. The highest BCUT2D eigenvalue weighted by Crippen LogP contribution is 2.13. The van der Waals surface area contributed by atoms with E-state index in [0.29, 0.717) is 6.42 Å². The summed E-state index contributed by atoms with van der Waals surface area (Å²) in [6.45, 7) is 3.96. The van der Waals surface area contributed by atoms with Crippen LogP contribution in [0.15, 0.2) is 24.3 Å². The molecule has 0 spiro atoms. The second-order valence-electron chi connectivity index (χ2n) is 3.98. The van der Waals surface area contributed by atoms with E-state index in [2.05, 4.69) is 5.32 Å². The summed E-state index contributed by atoms with van der Waals surface area (Å²) < 4.78 is 0. The van der Waals surface area contributed by atoms with Crippen LogP contribution in [0, 0.1) is 0 Å². The summed E-state index contributed by atoms with van der Waals surface area (Å²) in [5.41, 5.74) is 2.04. The molecule has 0 fully saturated rings. The van der Waals surface area contributed by atoms with Crippen LogP contribution in [0.4, 0.5) is 5.69 Å². The first-order valence-corrected chi connectivity index (χ1v) is 6.08. The lowest BCUT2D eigenvalue weighted by Gasteiger charge is -2.06. The summed E-state index contributed by atoms with van der Waals surface area (Å²) in [6.07, 6.45) is 2.29. The van der Waals surface area contributed by atoms with E-state index < -0.39 is 0 Å². The van der Waals surface area contributed by atoms with Gasteiger partial charge in [-0.25, -0.2) is 0 Å². The minimum atomic E-state index is 0.0703. The van der Waals surface area contributed by atoms with Gasteiger partial charge in [0.15, 0.2) is 0 Å². The van der Waals surface area contributed by atoms with Crippen molar-refractivity contribution in [3.05, 3.63) is 29.8 Å². The predicted octanol–water partition coefficient (Wildman–Crippen LogP) is 3.60. The maximum absolute atomic E-state index is 11.3. The van der Waals surface area contributed by atoms with Crippen molar-refractivity contribution in [2.24, 2.45) is 0 Å². The quantitative estimate of drug-likeness (QED) is 0.782. The first-order valence-electron chi connectivity index (χ1n) is 5.64. The second-order valence-corrected chi connectivity index (χ2v) is 4.73. The molecule has 1 atom stereocenters. The van der Waals surface area contributed by atoms with Gasteiger partial charge in [0.1, 0.15) is 0 Å². The Hall–Kier alpha value is -1.02. The molecule has 0 heterocycles. The molecule has 0 saturated carbocycles. The lowest BCUT2D eigenvalue weighted by Crippen LogP contribution is -2.10. The fourth-order valence-corrected chi connectivity index (χ4v) is 1.68. The van der Waals surface area contributed by atoms with Crippen LogP contribution >= 0.6 is 11.6 Å². The first kappa shape index (κ1) is 13.0. The predicted molar refractivity (Wildman–Crippen MR) is 69.0 cm³/mol. The lowest BCUT2D eigenvalue weighted by molar-refractivity contribution is -0.116. The highest BCUT2D eigenvalue weighted by Gasteiger charge is 2.02. The molecule has 0 radical (unpaired) electrons. The Kier molecular flexibility index (Phi) is 5.33. The summed E-state index contributed by atoms with van der Waals surface area (Å²) in [6, 6.07) is 7.84. The Bertz CT molecular complexity index is 332. The van der Waals surface area contributed by atoms with Gasteiger partial charge < -0.3 is 5.32 Å². The molecule has 1 N–H and O–H groups in total. The van der Waals surface area contributed by atoms with Crippen molar-refractivity contribution in [2.75, 3.05) is 5.32 Å². The summed E-state index contributed by atoms with van der Waals surface area (Å²) in [4.78, 5) is 11.3. The van der Waals surface area contributed by atoms with Gasteiger partial charge >= 0.3 is 0 Å². The van der Waals surface area contributed by atoms with Crippen LogP contribution in [-0.2, 0) is 11.2 Å². The van der Waals surface area contributed by atoms with Crippen molar-refractivity contribution >= 4 is 23.2 Å². The zero-order chi connectivity index (χ0) is 12.0. The maximum Gasteiger partial charge on any atom is 0.224 e. The molecule has 1 aromatic rings. The van der Waals surface area contributed by atoms with Crippen LogP contribution in [0.25, 0.3) is 0 Å². The minimum absolute atomic E-state index is 0.0703. The average molecular weight is 240 g/mol. The Labute approximate surface area is 102 Å². The van der Waals surface area contributed by atoms with Crippen LogP contribution in [0.2, 0.25) is 0 Å². The van der Waals surface area contributed by atoms with Crippen molar-refractivity contribution in [2.45, 2.75) is 38.5 Å². The summed E-state index contributed by atoms with van der Waals surface area (Å²) >= 11 is 5.91. The number of amides is 1. The number of alkyl halides is 1. The molecule has 2 nitrogen and oxygen atoms in total. The standard InChI is InChI=1S/C13H18ClNO/c1-3-4-13(16)15-12-7-5-11(6-8-12)9-10(2)14/h5-8,10H,3-4,9H2,1-2H3,(H,15,16). The Morgan fingerprint density at radius 3 is 2.50 bits per heavy atom. The van der Waals surface area contributed by atoms with Crippen molar-refractivity contribution in [3.8, 4) is 0 Å². The third-order valence-corrected chi connectivity index (χ3v) is 2.39. The molecule has 1 rings (SSSR count). The Morgan fingerprint density at radius 1 is 1.38 bits per heavy atom. The summed E-state index contributed by atoms with van der Waals surface area (Å²) in [7, 11) is 0. The second kappa shape index (κ2) is 6.54. The fourth-order valence-electron chi connectivity index (χ4n) is 1.50. The van der Waals surface area contributed by atoms with E-state index in [-0.39, 0.29) is 11.3 Å². The highest BCUT2D eigenvalue weighted by atomic mass is 35.5. The number of halogens is 1. The molecule has 1 aromatic carbocycles. The number of rotatable bonds is 5. The zero-order valence-corrected chi connectivity index (χ0v) is 10.6. The molecule has 1 unspecified atom stereocenters. The number of anilines is 1.